The lowest BCUT2D eigenvalue weighted by atomic mass is 9.87. The van der Waals surface area contributed by atoms with E-state index >= 15 is 0 Å². The molecule has 0 radical (unpaired) electrons. The highest BCUT2D eigenvalue weighted by Gasteiger charge is 2.23. The summed E-state index contributed by atoms with van der Waals surface area (Å²) in [6.45, 7) is 8.25. The summed E-state index contributed by atoms with van der Waals surface area (Å²) in [6.07, 6.45) is 11.1. The number of aromatic nitrogens is 4. The number of hydrogen-bond donors (Lipinski definition) is 2. The average molecular weight is 586 g/mol. The third-order valence-corrected chi connectivity index (χ3v) is 8.28. The van der Waals surface area contributed by atoms with Crippen LogP contribution in [0.1, 0.15) is 57.0 Å². The average Bonchev–Trinajstić information content (AvgIpc) is 3.46. The Morgan fingerprint density at radius 3 is 2.48 bits per heavy atom. The van der Waals surface area contributed by atoms with Gasteiger partial charge in [-0.15, -0.1) is 0 Å². The van der Waals surface area contributed by atoms with Crippen LogP contribution in [-0.4, -0.2) is 38.9 Å². The second kappa shape index (κ2) is 12.0. The van der Waals surface area contributed by atoms with Crippen molar-refractivity contribution < 1.29 is 4.79 Å². The predicted octanol–water partition coefficient (Wildman–Crippen LogP) is 8.14. The Morgan fingerprint density at radius 2 is 1.75 bits per heavy atom. The number of benzene rings is 2. The maximum absolute atomic E-state index is 13.5. The number of aryl methyl sites for hydroxylation is 1. The number of carbonyl (C=O) groups excluding carboxylic acids is 1. The minimum Gasteiger partial charge on any atom is -0.368 e. The van der Waals surface area contributed by atoms with E-state index in [4.69, 9.17) is 5.10 Å². The van der Waals surface area contributed by atoms with Gasteiger partial charge in [0.05, 0.1) is 23.3 Å². The van der Waals surface area contributed by atoms with E-state index in [1.807, 2.05) is 49.6 Å². The van der Waals surface area contributed by atoms with Gasteiger partial charge < -0.3 is 10.2 Å². The van der Waals surface area contributed by atoms with Gasteiger partial charge in [-0.2, -0.15) is 5.10 Å². The molecule has 1 atom stereocenters. The van der Waals surface area contributed by atoms with Crippen molar-refractivity contribution in [3.63, 3.8) is 0 Å². The molecule has 1 aliphatic carbocycles. The number of amides is 2. The number of urea groups is 1. The summed E-state index contributed by atoms with van der Waals surface area (Å²) >= 11 is 0. The van der Waals surface area contributed by atoms with Crippen LogP contribution in [0.25, 0.3) is 22.0 Å². The maximum atomic E-state index is 13.5. The molecule has 3 aromatic heterocycles. The van der Waals surface area contributed by atoms with Gasteiger partial charge in [0.2, 0.25) is 0 Å². The third kappa shape index (κ3) is 6.06. The molecule has 1 unspecified atom stereocenters. The molecule has 8 nitrogen and oxygen atoms in total. The molecule has 0 bridgehead atoms. The number of carbonyl (C=O) groups is 1. The zero-order valence-corrected chi connectivity index (χ0v) is 26.0. The highest BCUT2D eigenvalue weighted by molar-refractivity contribution is 6.08. The fourth-order valence-corrected chi connectivity index (χ4v) is 5.78. The largest absolute Gasteiger partial charge is 0.368 e. The van der Waals surface area contributed by atoms with E-state index in [0.29, 0.717) is 11.9 Å². The second-order valence-corrected chi connectivity index (χ2v) is 12.5. The number of fused-ring (bicyclic) bond motifs is 1. The van der Waals surface area contributed by atoms with Crippen LogP contribution in [-0.2, 0) is 5.41 Å². The third-order valence-electron chi connectivity index (χ3n) is 8.28. The molecule has 0 fully saturated rings. The number of anilines is 3. The Morgan fingerprint density at radius 1 is 0.977 bits per heavy atom. The molecule has 5 aromatic rings. The van der Waals surface area contributed by atoms with E-state index in [1.165, 1.54) is 11.1 Å². The zero-order chi connectivity index (χ0) is 30.8. The quantitative estimate of drug-likeness (QED) is 0.210. The van der Waals surface area contributed by atoms with Crippen molar-refractivity contribution in [2.24, 2.45) is 0 Å². The molecule has 224 valence electrons. The standard InChI is InChI=1S/C36H39N7O/c1-24-13-14-28(23-38-24)43-34(22-33(41-43)36(2,3)4)40-35(44)39-32-16-15-29(30-11-6-7-12-31(30)32)25-9-8-10-27(21-25)42(5)26-17-19-37-20-18-26/h6-7,11-23,27H,8-10H2,1-5H3,(H2,39,40,44). The number of nitrogens with one attached hydrogen (secondary N) is 2. The van der Waals surface area contributed by atoms with E-state index < -0.39 is 0 Å². The second-order valence-electron chi connectivity index (χ2n) is 12.5. The van der Waals surface area contributed by atoms with Crippen LogP contribution in [0, 0.1) is 6.92 Å². The summed E-state index contributed by atoms with van der Waals surface area (Å²) in [4.78, 5) is 24.4. The van der Waals surface area contributed by atoms with Crippen LogP contribution in [0.15, 0.2) is 91.4 Å². The summed E-state index contributed by atoms with van der Waals surface area (Å²) in [5.41, 5.74) is 6.83. The highest BCUT2D eigenvalue weighted by Crippen LogP contribution is 2.36. The van der Waals surface area contributed by atoms with E-state index in [0.717, 1.165) is 58.5 Å². The van der Waals surface area contributed by atoms with Crippen LogP contribution in [0.5, 0.6) is 0 Å². The lowest BCUT2D eigenvalue weighted by Crippen LogP contribution is -2.31. The van der Waals surface area contributed by atoms with Crippen molar-refractivity contribution in [2.45, 2.75) is 58.4 Å². The maximum Gasteiger partial charge on any atom is 0.324 e. The molecule has 6 rings (SSSR count). The van der Waals surface area contributed by atoms with Gasteiger partial charge in [0.1, 0.15) is 5.82 Å². The van der Waals surface area contributed by atoms with Crippen molar-refractivity contribution in [1.29, 1.82) is 0 Å². The molecule has 8 heteroatoms. The van der Waals surface area contributed by atoms with E-state index in [9.17, 15) is 4.79 Å². The van der Waals surface area contributed by atoms with Crippen LogP contribution < -0.4 is 15.5 Å². The Labute approximate surface area is 258 Å². The molecule has 0 saturated heterocycles. The van der Waals surface area contributed by atoms with Crippen LogP contribution in [0.3, 0.4) is 0 Å². The number of allylic oxidation sites excluding steroid dienone is 1. The Kier molecular flexibility index (Phi) is 7.91. The monoisotopic (exact) mass is 585 g/mol. The molecule has 1 aliphatic rings. The number of likely N-dealkylation sites (N-methyl/N-ethyl adjacent to an activating group) is 1. The van der Waals surface area contributed by atoms with E-state index in [2.05, 4.69) is 95.8 Å². The van der Waals surface area contributed by atoms with Crippen LogP contribution in [0.2, 0.25) is 0 Å². The Bertz CT molecular complexity index is 1820. The van der Waals surface area contributed by atoms with Gasteiger partial charge in [0.25, 0.3) is 0 Å². The SMILES string of the molecule is Cc1ccc(-n2nc(C(C)(C)C)cc2NC(=O)Nc2ccc(C3=CC(N(C)c4ccncc4)CCC3)c3ccccc23)cn1. The topological polar surface area (TPSA) is 88.0 Å². The van der Waals surface area contributed by atoms with Gasteiger partial charge in [-0.25, -0.2) is 9.48 Å². The molecule has 44 heavy (non-hydrogen) atoms. The van der Waals surface area contributed by atoms with E-state index in [1.54, 1.807) is 10.9 Å². The van der Waals surface area contributed by atoms with Crippen LogP contribution >= 0.6 is 0 Å². The molecular weight excluding hydrogens is 546 g/mol. The number of hydrogen-bond acceptors (Lipinski definition) is 5. The first-order valence-corrected chi connectivity index (χ1v) is 15.1. The lowest BCUT2D eigenvalue weighted by molar-refractivity contribution is 0.262. The van der Waals surface area contributed by atoms with Crippen molar-refractivity contribution in [1.82, 2.24) is 19.7 Å². The number of rotatable bonds is 6. The molecule has 3 heterocycles. The molecule has 2 amide bonds. The van der Waals surface area contributed by atoms with Crippen LogP contribution in [0.4, 0.5) is 22.0 Å². The molecular formula is C36H39N7O. The first kappa shape index (κ1) is 29.1. The summed E-state index contributed by atoms with van der Waals surface area (Å²) in [7, 11) is 2.15. The fourth-order valence-electron chi connectivity index (χ4n) is 5.78. The summed E-state index contributed by atoms with van der Waals surface area (Å²) in [6, 6.07) is 22.3. The predicted molar refractivity (Wildman–Crippen MR) is 180 cm³/mol. The molecule has 0 aliphatic heterocycles. The summed E-state index contributed by atoms with van der Waals surface area (Å²) in [5, 5.41) is 13.1. The molecule has 2 N–H and O–H groups in total. The zero-order valence-electron chi connectivity index (χ0n) is 26.0. The van der Waals surface area contributed by atoms with Crippen molar-refractivity contribution >= 4 is 39.6 Å². The smallest absolute Gasteiger partial charge is 0.324 e. The number of nitrogens with zero attached hydrogens (tertiary/aromatic N) is 5. The summed E-state index contributed by atoms with van der Waals surface area (Å²) in [5.74, 6) is 0.579. The molecule has 0 saturated carbocycles. The van der Waals surface area contributed by atoms with Gasteiger partial charge in [-0.3, -0.25) is 15.3 Å². The van der Waals surface area contributed by atoms with E-state index in [-0.39, 0.29) is 11.4 Å². The van der Waals surface area contributed by atoms with Crippen molar-refractivity contribution in [3.05, 3.63) is 108 Å². The molecule has 0 spiro atoms. The van der Waals surface area contributed by atoms with Gasteiger partial charge in [0, 0.05) is 53.7 Å². The number of pyridine rings is 2. The van der Waals surface area contributed by atoms with Crippen molar-refractivity contribution in [3.8, 4) is 5.69 Å². The fraction of sp³-hybridized carbons (Fsp3) is 0.278. The van der Waals surface area contributed by atoms with Gasteiger partial charge in [0.15, 0.2) is 0 Å². The Hall–Kier alpha value is -4.98. The first-order valence-electron chi connectivity index (χ1n) is 15.1. The minimum atomic E-state index is -0.333. The highest BCUT2D eigenvalue weighted by atomic mass is 16.2. The van der Waals surface area contributed by atoms with Crippen molar-refractivity contribution in [2.75, 3.05) is 22.6 Å². The molecule has 2 aromatic carbocycles. The Balaban J connectivity index is 1.28. The van der Waals surface area contributed by atoms with Gasteiger partial charge in [-0.1, -0.05) is 57.2 Å². The normalized spacial score (nSPS) is 15.1. The minimum absolute atomic E-state index is 0.192. The van der Waals surface area contributed by atoms with Gasteiger partial charge in [-0.05, 0) is 73.0 Å². The lowest BCUT2D eigenvalue weighted by Gasteiger charge is -2.32. The summed E-state index contributed by atoms with van der Waals surface area (Å²) < 4.78 is 1.74. The first-order chi connectivity index (χ1) is 21.2. The van der Waals surface area contributed by atoms with Gasteiger partial charge >= 0.3 is 6.03 Å².